The van der Waals surface area contributed by atoms with Gasteiger partial charge in [0.15, 0.2) is 0 Å². The highest BCUT2D eigenvalue weighted by molar-refractivity contribution is 6.31. The number of benzene rings is 1. The Kier molecular flexibility index (Phi) is 4.68. The average molecular weight is 294 g/mol. The number of nitrogens with zero attached hydrogens (tertiary/aromatic N) is 1. The maximum absolute atomic E-state index is 12.0. The summed E-state index contributed by atoms with van der Waals surface area (Å²) < 4.78 is 0. The fourth-order valence-electron chi connectivity index (χ4n) is 2.14. The Morgan fingerprint density at radius 2 is 2.25 bits per heavy atom. The number of aromatic nitrogens is 1. The summed E-state index contributed by atoms with van der Waals surface area (Å²) in [5, 5.41) is 5.11. The number of likely N-dealkylation sites (N-methyl/N-ethyl adjacent to an activating group) is 1. The molecular weight excluding hydrogens is 274 g/mol. The van der Waals surface area contributed by atoms with Crippen molar-refractivity contribution < 1.29 is 4.79 Å². The number of H-pyrrole nitrogens is 1. The molecule has 1 heterocycles. The fraction of sp³-hybridized carbons (Fsp3) is 0.400. The molecular formula is C15H20ClN3O. The molecule has 0 saturated carbocycles. The molecule has 1 aromatic carbocycles. The Morgan fingerprint density at radius 1 is 1.50 bits per heavy atom. The molecule has 1 aromatic heterocycles. The van der Waals surface area contributed by atoms with E-state index >= 15 is 0 Å². The van der Waals surface area contributed by atoms with Gasteiger partial charge in [-0.3, -0.25) is 4.79 Å². The highest BCUT2D eigenvalue weighted by Crippen LogP contribution is 2.21. The number of hydrogen-bond acceptors (Lipinski definition) is 2. The van der Waals surface area contributed by atoms with Crippen molar-refractivity contribution in [2.45, 2.75) is 26.4 Å². The maximum Gasteiger partial charge on any atom is 0.239 e. The summed E-state index contributed by atoms with van der Waals surface area (Å²) in [5.74, 6) is 0.107. The molecule has 0 fully saturated rings. The van der Waals surface area contributed by atoms with Crippen LogP contribution in [0.15, 0.2) is 24.4 Å². The molecule has 1 amide bonds. The molecule has 0 spiro atoms. The predicted octanol–water partition coefficient (Wildman–Crippen LogP) is 2.78. The van der Waals surface area contributed by atoms with Crippen LogP contribution in [-0.2, 0) is 11.3 Å². The Balaban J connectivity index is 2.04. The van der Waals surface area contributed by atoms with Crippen LogP contribution < -0.4 is 5.32 Å². The van der Waals surface area contributed by atoms with Gasteiger partial charge in [-0.15, -0.1) is 0 Å². The molecule has 20 heavy (non-hydrogen) atoms. The summed E-state index contributed by atoms with van der Waals surface area (Å²) in [4.78, 5) is 16.9. The number of aromatic amines is 1. The van der Waals surface area contributed by atoms with Crippen molar-refractivity contribution in [2.24, 2.45) is 0 Å². The first kappa shape index (κ1) is 14.9. The van der Waals surface area contributed by atoms with Gasteiger partial charge in [-0.05, 0) is 31.5 Å². The van der Waals surface area contributed by atoms with Crippen LogP contribution in [0, 0.1) is 0 Å². The van der Waals surface area contributed by atoms with Crippen molar-refractivity contribution in [3.63, 3.8) is 0 Å². The van der Waals surface area contributed by atoms with Crippen LogP contribution >= 0.6 is 11.6 Å². The normalized spacial score (nSPS) is 12.6. The van der Waals surface area contributed by atoms with Crippen LogP contribution in [-0.4, -0.2) is 35.4 Å². The molecule has 4 nitrogen and oxygen atoms in total. The van der Waals surface area contributed by atoms with Gasteiger partial charge in [0.1, 0.15) is 0 Å². The minimum Gasteiger partial charge on any atom is -0.361 e. The van der Waals surface area contributed by atoms with Crippen molar-refractivity contribution >= 4 is 28.4 Å². The lowest BCUT2D eigenvalue weighted by Crippen LogP contribution is -2.42. The molecule has 5 heteroatoms. The van der Waals surface area contributed by atoms with Gasteiger partial charge in [0.25, 0.3) is 0 Å². The van der Waals surface area contributed by atoms with Crippen molar-refractivity contribution in [3.05, 3.63) is 35.0 Å². The summed E-state index contributed by atoms with van der Waals surface area (Å²) in [6.45, 7) is 5.22. The van der Waals surface area contributed by atoms with Crippen molar-refractivity contribution in [2.75, 3.05) is 13.6 Å². The van der Waals surface area contributed by atoms with E-state index in [4.69, 9.17) is 11.6 Å². The number of hydrogen-bond donors (Lipinski definition) is 2. The van der Waals surface area contributed by atoms with Crippen LogP contribution in [0.5, 0.6) is 0 Å². The monoisotopic (exact) mass is 293 g/mol. The molecule has 0 aliphatic heterocycles. The number of carbonyl (C=O) groups excluding carboxylic acids is 1. The second kappa shape index (κ2) is 6.29. The Bertz CT molecular complexity index is 608. The lowest BCUT2D eigenvalue weighted by Gasteiger charge is -2.20. The fourth-order valence-corrected chi connectivity index (χ4v) is 2.31. The largest absolute Gasteiger partial charge is 0.361 e. The van der Waals surface area contributed by atoms with Crippen LogP contribution in [0.1, 0.15) is 19.4 Å². The van der Waals surface area contributed by atoms with E-state index in [1.165, 1.54) is 0 Å². The van der Waals surface area contributed by atoms with Gasteiger partial charge in [-0.1, -0.05) is 17.7 Å². The van der Waals surface area contributed by atoms with E-state index < -0.39 is 0 Å². The minimum atomic E-state index is -0.197. The molecule has 0 radical (unpaired) electrons. The predicted molar refractivity (Wildman–Crippen MR) is 82.9 cm³/mol. The number of halogens is 1. The molecule has 2 aromatic rings. The zero-order valence-corrected chi connectivity index (χ0v) is 12.8. The highest BCUT2D eigenvalue weighted by atomic mass is 35.5. The highest BCUT2D eigenvalue weighted by Gasteiger charge is 2.16. The standard InChI is InChI=1S/C15H20ClN3O/c1-4-19(3)15(20)10(2)17-8-11-9-18-14-7-12(16)5-6-13(11)14/h5-7,9-10,17-18H,4,8H2,1-3H3. The van der Waals surface area contributed by atoms with E-state index in [1.54, 1.807) is 4.90 Å². The van der Waals surface area contributed by atoms with E-state index in [-0.39, 0.29) is 11.9 Å². The zero-order chi connectivity index (χ0) is 14.7. The molecule has 108 valence electrons. The summed E-state index contributed by atoms with van der Waals surface area (Å²) in [6.07, 6.45) is 1.95. The maximum atomic E-state index is 12.0. The first-order valence-electron chi connectivity index (χ1n) is 6.76. The SMILES string of the molecule is CCN(C)C(=O)C(C)NCc1c[nH]c2cc(Cl)ccc12. The van der Waals surface area contributed by atoms with E-state index in [0.717, 1.165) is 23.0 Å². The topological polar surface area (TPSA) is 48.1 Å². The van der Waals surface area contributed by atoms with Gasteiger partial charge >= 0.3 is 0 Å². The molecule has 0 bridgehead atoms. The molecule has 2 N–H and O–H groups in total. The Hall–Kier alpha value is -1.52. The molecule has 0 aliphatic rings. The summed E-state index contributed by atoms with van der Waals surface area (Å²) in [5.41, 5.74) is 2.15. The third-order valence-electron chi connectivity index (χ3n) is 3.55. The number of rotatable bonds is 5. The first-order valence-corrected chi connectivity index (χ1v) is 7.14. The third kappa shape index (κ3) is 3.14. The number of carbonyl (C=O) groups is 1. The summed E-state index contributed by atoms with van der Waals surface area (Å²) in [7, 11) is 1.81. The smallest absolute Gasteiger partial charge is 0.239 e. The Labute approximate surface area is 124 Å². The van der Waals surface area contributed by atoms with E-state index in [1.807, 2.05) is 45.3 Å². The van der Waals surface area contributed by atoms with Crippen molar-refractivity contribution in [3.8, 4) is 0 Å². The van der Waals surface area contributed by atoms with Crippen molar-refractivity contribution in [1.82, 2.24) is 15.2 Å². The second-order valence-electron chi connectivity index (χ2n) is 4.96. The number of fused-ring (bicyclic) bond motifs is 1. The first-order chi connectivity index (χ1) is 9.52. The van der Waals surface area contributed by atoms with Crippen molar-refractivity contribution in [1.29, 1.82) is 0 Å². The Morgan fingerprint density at radius 3 is 2.95 bits per heavy atom. The molecule has 1 atom stereocenters. The lowest BCUT2D eigenvalue weighted by atomic mass is 10.1. The number of nitrogens with one attached hydrogen (secondary N) is 2. The van der Waals surface area contributed by atoms with E-state index in [9.17, 15) is 4.79 Å². The van der Waals surface area contributed by atoms with Gasteiger partial charge in [0, 0.05) is 42.3 Å². The third-order valence-corrected chi connectivity index (χ3v) is 3.78. The summed E-state index contributed by atoms with van der Waals surface area (Å²) >= 11 is 5.96. The quantitative estimate of drug-likeness (QED) is 0.890. The van der Waals surface area contributed by atoms with E-state index in [0.29, 0.717) is 11.6 Å². The molecule has 0 saturated heterocycles. The van der Waals surface area contributed by atoms with Gasteiger partial charge < -0.3 is 15.2 Å². The summed E-state index contributed by atoms with van der Waals surface area (Å²) in [6, 6.07) is 5.58. The van der Waals surface area contributed by atoms with Crippen LogP contribution in [0.4, 0.5) is 0 Å². The number of amides is 1. The van der Waals surface area contributed by atoms with Gasteiger partial charge in [-0.2, -0.15) is 0 Å². The van der Waals surface area contributed by atoms with Gasteiger partial charge in [0.05, 0.1) is 6.04 Å². The van der Waals surface area contributed by atoms with Crippen LogP contribution in [0.25, 0.3) is 10.9 Å². The molecule has 1 unspecified atom stereocenters. The zero-order valence-electron chi connectivity index (χ0n) is 12.0. The van der Waals surface area contributed by atoms with Gasteiger partial charge in [-0.25, -0.2) is 0 Å². The second-order valence-corrected chi connectivity index (χ2v) is 5.40. The molecule has 2 rings (SSSR count). The van der Waals surface area contributed by atoms with Crippen LogP contribution in [0.2, 0.25) is 5.02 Å². The van der Waals surface area contributed by atoms with Gasteiger partial charge in [0.2, 0.25) is 5.91 Å². The average Bonchev–Trinajstić information content (AvgIpc) is 2.85. The lowest BCUT2D eigenvalue weighted by molar-refractivity contribution is -0.131. The molecule has 0 aliphatic carbocycles. The van der Waals surface area contributed by atoms with E-state index in [2.05, 4.69) is 10.3 Å². The minimum absolute atomic E-state index is 0.107. The van der Waals surface area contributed by atoms with Crippen LogP contribution in [0.3, 0.4) is 0 Å².